The Morgan fingerprint density at radius 2 is 1.80 bits per heavy atom. The minimum Gasteiger partial charge on any atom is -0.324 e. The number of hydrogen-bond acceptors (Lipinski definition) is 4. The SMILES string of the molecule is O=CCCc1ccc(Nc2ncc3c(n2)-c2ccccc2CC3)cc1. The second kappa shape index (κ2) is 6.85. The van der Waals surface area contributed by atoms with Crippen LogP contribution in [0.2, 0.25) is 0 Å². The van der Waals surface area contributed by atoms with E-state index in [0.29, 0.717) is 12.4 Å². The normalized spacial score (nSPS) is 12.2. The fourth-order valence-corrected chi connectivity index (χ4v) is 3.23. The van der Waals surface area contributed by atoms with E-state index in [4.69, 9.17) is 4.98 Å². The molecule has 0 amide bonds. The number of aromatic nitrogens is 2. The van der Waals surface area contributed by atoms with E-state index in [1.807, 2.05) is 30.5 Å². The highest BCUT2D eigenvalue weighted by Gasteiger charge is 2.17. The van der Waals surface area contributed by atoms with Gasteiger partial charge in [-0.3, -0.25) is 0 Å². The van der Waals surface area contributed by atoms with Crippen LogP contribution in [0.4, 0.5) is 11.6 Å². The van der Waals surface area contributed by atoms with Crippen molar-refractivity contribution in [1.29, 1.82) is 0 Å². The summed E-state index contributed by atoms with van der Waals surface area (Å²) >= 11 is 0. The molecule has 2 aromatic carbocycles. The Hall–Kier alpha value is -3.01. The van der Waals surface area contributed by atoms with Gasteiger partial charge in [-0.2, -0.15) is 0 Å². The van der Waals surface area contributed by atoms with Gasteiger partial charge in [-0.05, 0) is 48.1 Å². The first-order valence-corrected chi connectivity index (χ1v) is 8.57. The maximum atomic E-state index is 10.5. The quantitative estimate of drug-likeness (QED) is 0.716. The molecule has 4 nitrogen and oxygen atoms in total. The number of rotatable bonds is 5. The number of fused-ring (bicyclic) bond motifs is 3. The van der Waals surface area contributed by atoms with Gasteiger partial charge in [0.1, 0.15) is 6.29 Å². The van der Waals surface area contributed by atoms with Crippen LogP contribution in [0.15, 0.2) is 54.7 Å². The molecule has 0 atom stereocenters. The van der Waals surface area contributed by atoms with Gasteiger partial charge in [-0.15, -0.1) is 0 Å². The molecule has 0 bridgehead atoms. The maximum absolute atomic E-state index is 10.5. The molecule has 1 aliphatic carbocycles. The summed E-state index contributed by atoms with van der Waals surface area (Å²) in [5.41, 5.74) is 6.88. The van der Waals surface area contributed by atoms with Gasteiger partial charge in [-0.25, -0.2) is 9.97 Å². The van der Waals surface area contributed by atoms with E-state index < -0.39 is 0 Å². The molecule has 0 saturated carbocycles. The minimum atomic E-state index is 0.556. The number of benzene rings is 2. The van der Waals surface area contributed by atoms with Crippen molar-refractivity contribution in [2.45, 2.75) is 25.7 Å². The molecule has 0 saturated heterocycles. The largest absolute Gasteiger partial charge is 0.324 e. The molecule has 0 fully saturated rings. The third-order valence-electron chi connectivity index (χ3n) is 4.56. The van der Waals surface area contributed by atoms with E-state index in [0.717, 1.165) is 42.5 Å². The van der Waals surface area contributed by atoms with Crippen molar-refractivity contribution >= 4 is 17.9 Å². The van der Waals surface area contributed by atoms with Crippen LogP contribution in [0, 0.1) is 0 Å². The van der Waals surface area contributed by atoms with E-state index in [-0.39, 0.29) is 0 Å². The summed E-state index contributed by atoms with van der Waals surface area (Å²) in [6.45, 7) is 0. The molecule has 0 aliphatic heterocycles. The zero-order valence-corrected chi connectivity index (χ0v) is 13.9. The van der Waals surface area contributed by atoms with Crippen molar-refractivity contribution in [3.05, 3.63) is 71.4 Å². The third-order valence-corrected chi connectivity index (χ3v) is 4.56. The molecule has 1 N–H and O–H groups in total. The smallest absolute Gasteiger partial charge is 0.227 e. The van der Waals surface area contributed by atoms with Crippen molar-refractivity contribution in [2.75, 3.05) is 5.32 Å². The molecule has 25 heavy (non-hydrogen) atoms. The van der Waals surface area contributed by atoms with Crippen LogP contribution < -0.4 is 5.32 Å². The average Bonchev–Trinajstić information content (AvgIpc) is 2.67. The molecule has 1 aliphatic rings. The van der Waals surface area contributed by atoms with Gasteiger partial charge in [0.15, 0.2) is 0 Å². The topological polar surface area (TPSA) is 54.9 Å². The predicted octanol–water partition coefficient (Wildman–Crippen LogP) is 4.12. The minimum absolute atomic E-state index is 0.556. The van der Waals surface area contributed by atoms with Gasteiger partial charge in [0.2, 0.25) is 5.95 Å². The van der Waals surface area contributed by atoms with Crippen molar-refractivity contribution in [3.8, 4) is 11.3 Å². The maximum Gasteiger partial charge on any atom is 0.227 e. The highest BCUT2D eigenvalue weighted by molar-refractivity contribution is 5.70. The zero-order chi connectivity index (χ0) is 17.1. The zero-order valence-electron chi connectivity index (χ0n) is 13.9. The molecular formula is C21H19N3O. The molecule has 0 unspecified atom stereocenters. The number of aryl methyl sites for hydroxylation is 3. The van der Waals surface area contributed by atoms with Gasteiger partial charge in [0.05, 0.1) is 5.69 Å². The van der Waals surface area contributed by atoms with Gasteiger partial charge in [0.25, 0.3) is 0 Å². The van der Waals surface area contributed by atoms with Crippen molar-refractivity contribution < 1.29 is 4.79 Å². The van der Waals surface area contributed by atoms with Gasteiger partial charge in [0, 0.05) is 23.9 Å². The van der Waals surface area contributed by atoms with Crippen LogP contribution >= 0.6 is 0 Å². The Balaban J connectivity index is 1.58. The Labute approximate surface area is 147 Å². The van der Waals surface area contributed by atoms with E-state index in [2.05, 4.69) is 34.6 Å². The molecule has 1 aromatic heterocycles. The molecule has 124 valence electrons. The monoisotopic (exact) mass is 329 g/mol. The fourth-order valence-electron chi connectivity index (χ4n) is 3.23. The van der Waals surface area contributed by atoms with Crippen LogP contribution in [0.1, 0.15) is 23.1 Å². The summed E-state index contributed by atoms with van der Waals surface area (Å²) < 4.78 is 0. The molecule has 0 spiro atoms. The van der Waals surface area contributed by atoms with E-state index in [1.165, 1.54) is 16.7 Å². The number of anilines is 2. The Morgan fingerprint density at radius 3 is 2.64 bits per heavy atom. The number of nitrogens with zero attached hydrogens (tertiary/aromatic N) is 2. The second-order valence-corrected chi connectivity index (χ2v) is 6.25. The number of carbonyl (C=O) groups excluding carboxylic acids is 1. The third kappa shape index (κ3) is 3.29. The molecule has 3 aromatic rings. The molecule has 0 radical (unpaired) electrons. The molecule has 4 heteroatoms. The first kappa shape index (κ1) is 15.5. The summed E-state index contributed by atoms with van der Waals surface area (Å²) in [5.74, 6) is 0.607. The summed E-state index contributed by atoms with van der Waals surface area (Å²) in [5, 5.41) is 3.28. The Kier molecular flexibility index (Phi) is 4.25. The van der Waals surface area contributed by atoms with Gasteiger partial charge < -0.3 is 10.1 Å². The Bertz CT molecular complexity index is 903. The van der Waals surface area contributed by atoms with E-state index in [1.54, 1.807) is 0 Å². The van der Waals surface area contributed by atoms with E-state index >= 15 is 0 Å². The van der Waals surface area contributed by atoms with E-state index in [9.17, 15) is 4.79 Å². The lowest BCUT2D eigenvalue weighted by atomic mass is 9.90. The van der Waals surface area contributed by atoms with Crippen molar-refractivity contribution in [3.63, 3.8) is 0 Å². The molecular weight excluding hydrogens is 310 g/mol. The number of aldehydes is 1. The summed E-state index contributed by atoms with van der Waals surface area (Å²) in [4.78, 5) is 19.7. The number of hydrogen-bond donors (Lipinski definition) is 1. The van der Waals surface area contributed by atoms with Crippen LogP contribution in [0.3, 0.4) is 0 Å². The van der Waals surface area contributed by atoms with Crippen LogP contribution in [-0.2, 0) is 24.1 Å². The lowest BCUT2D eigenvalue weighted by Crippen LogP contribution is -2.08. The average molecular weight is 329 g/mol. The molecule has 4 rings (SSSR count). The van der Waals surface area contributed by atoms with Crippen LogP contribution in [0.25, 0.3) is 11.3 Å². The van der Waals surface area contributed by atoms with Gasteiger partial charge in [-0.1, -0.05) is 36.4 Å². The Morgan fingerprint density at radius 1 is 1.00 bits per heavy atom. The molecule has 1 heterocycles. The second-order valence-electron chi connectivity index (χ2n) is 6.25. The fraction of sp³-hybridized carbons (Fsp3) is 0.190. The summed E-state index contributed by atoms with van der Waals surface area (Å²) in [6.07, 6.45) is 6.24. The standard InChI is InChI=1S/C21H19N3O/c25-13-3-4-15-7-11-18(12-8-15)23-21-22-14-17-10-9-16-5-1-2-6-19(16)20(17)24-21/h1-2,5-8,11-14H,3-4,9-10H2,(H,22,23,24). The summed E-state index contributed by atoms with van der Waals surface area (Å²) in [7, 11) is 0. The van der Waals surface area contributed by atoms with Crippen LogP contribution in [-0.4, -0.2) is 16.3 Å². The van der Waals surface area contributed by atoms with Crippen LogP contribution in [0.5, 0.6) is 0 Å². The highest BCUT2D eigenvalue weighted by Crippen LogP contribution is 2.32. The van der Waals surface area contributed by atoms with Crippen molar-refractivity contribution in [1.82, 2.24) is 9.97 Å². The summed E-state index contributed by atoms with van der Waals surface area (Å²) in [6, 6.07) is 16.5. The van der Waals surface area contributed by atoms with Crippen molar-refractivity contribution in [2.24, 2.45) is 0 Å². The lowest BCUT2D eigenvalue weighted by molar-refractivity contribution is -0.107. The van der Waals surface area contributed by atoms with Gasteiger partial charge >= 0.3 is 0 Å². The first-order chi connectivity index (χ1) is 12.3. The predicted molar refractivity (Wildman–Crippen MR) is 99.0 cm³/mol. The lowest BCUT2D eigenvalue weighted by Gasteiger charge is -2.19. The highest BCUT2D eigenvalue weighted by atomic mass is 16.1. The first-order valence-electron chi connectivity index (χ1n) is 8.57. The number of nitrogens with one attached hydrogen (secondary N) is 1. The number of carbonyl (C=O) groups is 1.